The summed E-state index contributed by atoms with van der Waals surface area (Å²) in [6, 6.07) is 11.1. The van der Waals surface area contributed by atoms with Crippen molar-refractivity contribution in [3.63, 3.8) is 0 Å². The maximum Gasteiger partial charge on any atom is 0.256 e. The molecule has 11 heteroatoms. The molecule has 1 atom stereocenters. The lowest BCUT2D eigenvalue weighted by atomic mass is 9.96. The van der Waals surface area contributed by atoms with Crippen LogP contribution in [0.25, 0.3) is 0 Å². The van der Waals surface area contributed by atoms with E-state index >= 15 is 0 Å². The Kier molecular flexibility index (Phi) is 7.59. The first-order valence-corrected chi connectivity index (χ1v) is 13.4. The fraction of sp³-hybridized carbons (Fsp3) is 0.429. The highest BCUT2D eigenvalue weighted by Gasteiger charge is 2.55. The molecule has 4 amide bonds. The van der Waals surface area contributed by atoms with Gasteiger partial charge in [0.1, 0.15) is 17.6 Å². The lowest BCUT2D eigenvalue weighted by molar-refractivity contribution is -0.142. The third-order valence-electron chi connectivity index (χ3n) is 7.80. The number of halogens is 2. The molecule has 3 fully saturated rings. The highest BCUT2D eigenvalue weighted by atomic mass is 35.5. The Bertz CT molecular complexity index is 1270. The van der Waals surface area contributed by atoms with E-state index in [-0.39, 0.29) is 29.9 Å². The van der Waals surface area contributed by atoms with Crippen LogP contribution in [0.1, 0.15) is 40.5 Å². The summed E-state index contributed by atoms with van der Waals surface area (Å²) < 4.78 is 19.9. The molecule has 2 aromatic carbocycles. The molecule has 1 spiro atoms. The van der Waals surface area contributed by atoms with Gasteiger partial charge in [-0.25, -0.2) is 4.39 Å². The van der Waals surface area contributed by atoms with Gasteiger partial charge >= 0.3 is 0 Å². The van der Waals surface area contributed by atoms with E-state index in [2.05, 4.69) is 0 Å². The Hall–Kier alpha value is -3.50. The van der Waals surface area contributed by atoms with Gasteiger partial charge in [-0.15, -0.1) is 0 Å². The first kappa shape index (κ1) is 27.1. The minimum Gasteiger partial charge on any atom is -0.353 e. The molecule has 0 bridgehead atoms. The Morgan fingerprint density at radius 1 is 0.846 bits per heavy atom. The maximum atomic E-state index is 13.8. The van der Waals surface area contributed by atoms with Crippen LogP contribution in [0.15, 0.2) is 48.5 Å². The van der Waals surface area contributed by atoms with Crippen LogP contribution in [0.2, 0.25) is 5.02 Å². The number of ether oxygens (including phenoxy) is 1. The average Bonchev–Trinajstić information content (AvgIpc) is 3.31. The molecule has 2 aromatic rings. The van der Waals surface area contributed by atoms with Crippen molar-refractivity contribution in [3.05, 3.63) is 70.5 Å². The Morgan fingerprint density at radius 2 is 1.49 bits per heavy atom. The van der Waals surface area contributed by atoms with Crippen molar-refractivity contribution in [1.29, 1.82) is 0 Å². The summed E-state index contributed by atoms with van der Waals surface area (Å²) in [4.78, 5) is 58.9. The highest BCUT2D eigenvalue weighted by molar-refractivity contribution is 6.31. The number of carbonyl (C=O) groups is 4. The van der Waals surface area contributed by atoms with Gasteiger partial charge in [0, 0.05) is 75.2 Å². The zero-order valence-electron chi connectivity index (χ0n) is 21.6. The molecule has 9 nitrogen and oxygen atoms in total. The second kappa shape index (κ2) is 10.9. The van der Waals surface area contributed by atoms with Gasteiger partial charge in [0.05, 0.1) is 6.61 Å². The van der Waals surface area contributed by atoms with Crippen molar-refractivity contribution in [3.8, 4) is 0 Å². The summed E-state index contributed by atoms with van der Waals surface area (Å²) in [5.74, 6) is -1.36. The van der Waals surface area contributed by atoms with Crippen molar-refractivity contribution in [1.82, 2.24) is 19.6 Å². The number of hydrogen-bond acceptors (Lipinski definition) is 5. The second-order valence-electron chi connectivity index (χ2n) is 10.1. The summed E-state index contributed by atoms with van der Waals surface area (Å²) >= 11 is 6.07. The summed E-state index contributed by atoms with van der Waals surface area (Å²) in [7, 11) is 0. The summed E-state index contributed by atoms with van der Waals surface area (Å²) in [6.45, 7) is 3.72. The molecule has 5 rings (SSSR count). The number of hydrogen-bond donors (Lipinski definition) is 0. The number of piperidine rings is 1. The second-order valence-corrected chi connectivity index (χ2v) is 10.5. The van der Waals surface area contributed by atoms with E-state index in [1.165, 1.54) is 36.1 Å². The lowest BCUT2D eigenvalue weighted by Gasteiger charge is -2.45. The van der Waals surface area contributed by atoms with Crippen LogP contribution >= 0.6 is 11.6 Å². The van der Waals surface area contributed by atoms with E-state index in [9.17, 15) is 23.6 Å². The van der Waals surface area contributed by atoms with Crippen molar-refractivity contribution < 1.29 is 28.3 Å². The zero-order chi connectivity index (χ0) is 27.7. The van der Waals surface area contributed by atoms with Gasteiger partial charge in [0.2, 0.25) is 11.8 Å². The smallest absolute Gasteiger partial charge is 0.256 e. The van der Waals surface area contributed by atoms with Crippen LogP contribution in [-0.4, -0.2) is 101 Å². The zero-order valence-corrected chi connectivity index (χ0v) is 22.4. The summed E-state index contributed by atoms with van der Waals surface area (Å²) in [5, 5.41) is 0.468. The van der Waals surface area contributed by atoms with Crippen molar-refractivity contribution >= 4 is 35.2 Å². The Labute approximate surface area is 231 Å². The van der Waals surface area contributed by atoms with E-state index in [0.29, 0.717) is 62.7 Å². The molecule has 0 aromatic heterocycles. The molecule has 3 aliphatic heterocycles. The molecule has 0 radical (unpaired) electrons. The number of nitrogens with zero attached hydrogens (tertiary/aromatic N) is 4. The largest absolute Gasteiger partial charge is 0.353 e. The van der Waals surface area contributed by atoms with Gasteiger partial charge in [-0.05, 0) is 42.5 Å². The number of piperazine rings is 1. The minimum absolute atomic E-state index is 0.0148. The standard InChI is InChI=1S/C28H30ClFN4O5/c1-19(35)31-13-15-33(16-14-31)27(38)24-18-39-28(34(24)26(37)20-5-7-23(30)8-6-20)9-11-32(12-10-28)25(36)21-3-2-4-22(29)17-21/h2-8,17,24H,9-16,18H2,1H3/t24-/m1/s1. The van der Waals surface area contributed by atoms with Crippen LogP contribution in [0.5, 0.6) is 0 Å². The van der Waals surface area contributed by atoms with Crippen molar-refractivity contribution in [2.45, 2.75) is 31.5 Å². The van der Waals surface area contributed by atoms with Crippen LogP contribution in [-0.2, 0) is 14.3 Å². The van der Waals surface area contributed by atoms with Gasteiger partial charge < -0.3 is 19.4 Å². The predicted molar refractivity (Wildman–Crippen MR) is 140 cm³/mol. The summed E-state index contributed by atoms with van der Waals surface area (Å²) in [6.07, 6.45) is 0.627. The van der Waals surface area contributed by atoms with E-state index in [4.69, 9.17) is 16.3 Å². The molecular formula is C28H30ClFN4O5. The average molecular weight is 557 g/mol. The van der Waals surface area contributed by atoms with E-state index in [1.807, 2.05) is 0 Å². The predicted octanol–water partition coefficient (Wildman–Crippen LogP) is 2.64. The molecule has 0 aliphatic carbocycles. The fourth-order valence-corrected chi connectivity index (χ4v) is 5.79. The normalized spacial score (nSPS) is 20.8. The number of amides is 4. The number of carbonyl (C=O) groups excluding carboxylic acids is 4. The van der Waals surface area contributed by atoms with E-state index < -0.39 is 23.5 Å². The topological polar surface area (TPSA) is 90.5 Å². The Balaban J connectivity index is 1.37. The molecule has 0 saturated carbocycles. The van der Waals surface area contributed by atoms with Crippen molar-refractivity contribution in [2.24, 2.45) is 0 Å². The molecule has 3 saturated heterocycles. The van der Waals surface area contributed by atoms with Gasteiger partial charge in [0.25, 0.3) is 11.8 Å². The lowest BCUT2D eigenvalue weighted by Crippen LogP contribution is -2.61. The molecular weight excluding hydrogens is 527 g/mol. The minimum atomic E-state index is -1.09. The maximum absolute atomic E-state index is 13.8. The Morgan fingerprint density at radius 3 is 2.10 bits per heavy atom. The fourth-order valence-electron chi connectivity index (χ4n) is 5.60. The summed E-state index contributed by atoms with van der Waals surface area (Å²) in [5.41, 5.74) is -0.362. The quantitative estimate of drug-likeness (QED) is 0.580. The first-order chi connectivity index (χ1) is 18.7. The van der Waals surface area contributed by atoms with E-state index in [0.717, 1.165) is 0 Å². The van der Waals surface area contributed by atoms with Crippen LogP contribution in [0.4, 0.5) is 4.39 Å². The first-order valence-electron chi connectivity index (χ1n) is 13.0. The number of likely N-dealkylation sites (tertiary alicyclic amines) is 1. The monoisotopic (exact) mass is 556 g/mol. The van der Waals surface area contributed by atoms with Crippen LogP contribution in [0, 0.1) is 5.82 Å². The molecule has 206 valence electrons. The third kappa shape index (κ3) is 5.35. The third-order valence-corrected chi connectivity index (χ3v) is 8.03. The van der Waals surface area contributed by atoms with Gasteiger partial charge in [-0.1, -0.05) is 17.7 Å². The van der Waals surface area contributed by atoms with Gasteiger partial charge in [0.15, 0.2) is 0 Å². The molecule has 0 N–H and O–H groups in total. The van der Waals surface area contributed by atoms with Gasteiger partial charge in [-0.3, -0.25) is 24.1 Å². The van der Waals surface area contributed by atoms with Crippen LogP contribution in [0.3, 0.4) is 0 Å². The van der Waals surface area contributed by atoms with Gasteiger partial charge in [-0.2, -0.15) is 0 Å². The van der Waals surface area contributed by atoms with Crippen molar-refractivity contribution in [2.75, 3.05) is 45.9 Å². The highest BCUT2D eigenvalue weighted by Crippen LogP contribution is 2.39. The molecule has 3 aliphatic rings. The van der Waals surface area contributed by atoms with Crippen LogP contribution < -0.4 is 0 Å². The van der Waals surface area contributed by atoms with E-state index in [1.54, 1.807) is 39.0 Å². The molecule has 3 heterocycles. The molecule has 39 heavy (non-hydrogen) atoms. The molecule has 0 unspecified atom stereocenters. The number of rotatable bonds is 3. The number of benzene rings is 2. The SMILES string of the molecule is CC(=O)N1CCN(C(=O)[C@H]2COC3(CCN(C(=O)c4cccc(Cl)c4)CC3)N2C(=O)c2ccc(F)cc2)CC1.